The third-order valence-corrected chi connectivity index (χ3v) is 0.469. The van der Waals surface area contributed by atoms with E-state index in [1.807, 2.05) is 13.8 Å². The van der Waals surface area contributed by atoms with Crippen LogP contribution in [0.5, 0.6) is 0 Å². The smallest absolute Gasteiger partial charge is 0.152 e. The summed E-state index contributed by atoms with van der Waals surface area (Å²) in [6.45, 7) is 5.36. The molecular weight excluding hydrogens is 92.1 g/mol. The van der Waals surface area contributed by atoms with Crippen molar-refractivity contribution < 1.29 is 9.84 Å². The molecule has 7 heavy (non-hydrogen) atoms. The summed E-state index contributed by atoms with van der Waals surface area (Å²) in [5, 5.41) is 8.50. The molecule has 0 aliphatic carbocycles. The van der Waals surface area contributed by atoms with Gasteiger partial charge in [-0.2, -0.15) is 0 Å². The van der Waals surface area contributed by atoms with Crippen molar-refractivity contribution in [3.8, 4) is 0 Å². The predicted molar refractivity (Wildman–Crippen MR) is 27.9 cm³/mol. The molecule has 0 aromatic heterocycles. The Morgan fingerprint density at radius 1 is 1.29 bits per heavy atom. The average molecular weight is 104 g/mol. The Kier molecular flexibility index (Phi) is 2.96. The minimum Gasteiger partial charge on any atom is -0.368 e. The fourth-order valence-corrected chi connectivity index (χ4v) is 0.394. The normalized spacial score (nSPS) is 15.0. The maximum atomic E-state index is 8.50. The molecule has 0 saturated carbocycles. The molecule has 0 aromatic carbocycles. The van der Waals surface area contributed by atoms with Gasteiger partial charge in [0.2, 0.25) is 0 Å². The van der Waals surface area contributed by atoms with Crippen molar-refractivity contribution >= 4 is 0 Å². The topological polar surface area (TPSA) is 29.5 Å². The van der Waals surface area contributed by atoms with Crippen molar-refractivity contribution in [2.24, 2.45) is 0 Å². The van der Waals surface area contributed by atoms with Gasteiger partial charge in [0.05, 0.1) is 6.10 Å². The molecule has 0 aliphatic rings. The van der Waals surface area contributed by atoms with E-state index in [9.17, 15) is 0 Å². The Balaban J connectivity index is 2.95. The molecule has 44 valence electrons. The molecule has 1 N–H and O–H groups in total. The largest absolute Gasteiger partial charge is 0.368 e. The van der Waals surface area contributed by atoms with Gasteiger partial charge in [0.1, 0.15) is 0 Å². The summed E-state index contributed by atoms with van der Waals surface area (Å²) in [7, 11) is 0. The van der Waals surface area contributed by atoms with Crippen molar-refractivity contribution in [3.63, 3.8) is 0 Å². The fourth-order valence-electron chi connectivity index (χ4n) is 0.394. The molecule has 0 amide bonds. The van der Waals surface area contributed by atoms with Crippen LogP contribution in [0, 0.1) is 0 Å². The molecule has 0 bridgehead atoms. The van der Waals surface area contributed by atoms with Crippen molar-refractivity contribution in [3.05, 3.63) is 0 Å². The molecule has 0 aliphatic heterocycles. The van der Waals surface area contributed by atoms with Gasteiger partial charge in [-0.05, 0) is 20.8 Å². The van der Waals surface area contributed by atoms with Crippen LogP contribution in [0.3, 0.4) is 0 Å². The molecular formula is C5H12O2. The number of ether oxygens (including phenoxy) is 1. The monoisotopic (exact) mass is 104 g/mol. The van der Waals surface area contributed by atoms with Crippen molar-refractivity contribution in [2.75, 3.05) is 0 Å². The lowest BCUT2D eigenvalue weighted by Crippen LogP contribution is -2.12. The molecule has 2 nitrogen and oxygen atoms in total. The summed E-state index contributed by atoms with van der Waals surface area (Å²) >= 11 is 0. The van der Waals surface area contributed by atoms with E-state index in [1.54, 1.807) is 6.92 Å². The number of aliphatic hydroxyl groups excluding tert-OH is 1. The van der Waals surface area contributed by atoms with Gasteiger partial charge in [-0.3, -0.25) is 0 Å². The second kappa shape index (κ2) is 2.99. The highest BCUT2D eigenvalue weighted by atomic mass is 16.6. The highest BCUT2D eigenvalue weighted by molar-refractivity contribution is 4.34. The first kappa shape index (κ1) is 6.92. The Morgan fingerprint density at radius 3 is 1.71 bits per heavy atom. The van der Waals surface area contributed by atoms with Crippen LogP contribution in [-0.4, -0.2) is 17.5 Å². The van der Waals surface area contributed by atoms with Crippen LogP contribution >= 0.6 is 0 Å². The number of aliphatic hydroxyl groups is 1. The Labute approximate surface area is 44.1 Å². The quantitative estimate of drug-likeness (QED) is 0.524. The van der Waals surface area contributed by atoms with Crippen LogP contribution < -0.4 is 0 Å². The summed E-state index contributed by atoms with van der Waals surface area (Å²) in [6.07, 6.45) is -0.500. The Hall–Kier alpha value is -0.0800. The highest BCUT2D eigenvalue weighted by Crippen LogP contribution is 1.90. The molecule has 0 radical (unpaired) electrons. The van der Waals surface area contributed by atoms with Gasteiger partial charge in [-0.15, -0.1) is 0 Å². The lowest BCUT2D eigenvalue weighted by Gasteiger charge is -2.08. The number of hydrogen-bond donors (Lipinski definition) is 1. The van der Waals surface area contributed by atoms with Crippen LogP contribution in [0.15, 0.2) is 0 Å². The van der Waals surface area contributed by atoms with Gasteiger partial charge >= 0.3 is 0 Å². The summed E-state index contributed by atoms with van der Waals surface area (Å²) < 4.78 is 4.81. The Bertz CT molecular complexity index is 35.3. The molecule has 0 heterocycles. The highest BCUT2D eigenvalue weighted by Gasteiger charge is 1.95. The van der Waals surface area contributed by atoms with E-state index >= 15 is 0 Å². The van der Waals surface area contributed by atoms with Crippen molar-refractivity contribution in [1.82, 2.24) is 0 Å². The first-order valence-electron chi connectivity index (χ1n) is 2.46. The standard InChI is InChI=1S/C5H12O2/c1-4(2)7-5(3)6/h4-6H,1-3H3/t5-/m0/s1. The summed E-state index contributed by atoms with van der Waals surface area (Å²) in [4.78, 5) is 0. The first-order valence-corrected chi connectivity index (χ1v) is 2.46. The van der Waals surface area contributed by atoms with Crippen LogP contribution in [0.4, 0.5) is 0 Å². The average Bonchev–Trinajstić information content (AvgIpc) is 1.27. The molecule has 0 unspecified atom stereocenters. The molecule has 1 atom stereocenters. The van der Waals surface area contributed by atoms with Crippen molar-refractivity contribution in [2.45, 2.75) is 33.2 Å². The zero-order valence-corrected chi connectivity index (χ0v) is 5.01. The summed E-state index contributed by atoms with van der Waals surface area (Å²) in [5.41, 5.74) is 0. The lowest BCUT2D eigenvalue weighted by atomic mass is 10.5. The SMILES string of the molecule is CC(C)O[C@@H](C)O. The second-order valence-corrected chi connectivity index (χ2v) is 1.78. The van der Waals surface area contributed by atoms with Gasteiger partial charge in [-0.1, -0.05) is 0 Å². The van der Waals surface area contributed by atoms with Crippen LogP contribution in [0.2, 0.25) is 0 Å². The molecule has 0 fully saturated rings. The van der Waals surface area contributed by atoms with Gasteiger partial charge < -0.3 is 9.84 Å². The molecule has 0 rings (SSSR count). The zero-order chi connectivity index (χ0) is 5.86. The summed E-state index contributed by atoms with van der Waals surface area (Å²) in [5.74, 6) is 0. The fraction of sp³-hybridized carbons (Fsp3) is 1.00. The van der Waals surface area contributed by atoms with E-state index < -0.39 is 6.29 Å². The molecule has 0 aromatic rings. The molecule has 0 saturated heterocycles. The maximum absolute atomic E-state index is 8.50. The Morgan fingerprint density at radius 2 is 1.71 bits per heavy atom. The van der Waals surface area contributed by atoms with Gasteiger partial charge in [0, 0.05) is 0 Å². The van der Waals surface area contributed by atoms with Gasteiger partial charge in [0.15, 0.2) is 6.29 Å². The number of hydrogen-bond acceptors (Lipinski definition) is 2. The van der Waals surface area contributed by atoms with Crippen LogP contribution in [0.1, 0.15) is 20.8 Å². The lowest BCUT2D eigenvalue weighted by molar-refractivity contribution is -0.112. The molecule has 2 heteroatoms. The van der Waals surface area contributed by atoms with E-state index in [0.29, 0.717) is 0 Å². The minimum atomic E-state index is -0.625. The maximum Gasteiger partial charge on any atom is 0.152 e. The minimum absolute atomic E-state index is 0.125. The predicted octanol–water partition coefficient (Wildman–Crippen LogP) is 0.750. The summed E-state index contributed by atoms with van der Waals surface area (Å²) in [6, 6.07) is 0. The third-order valence-electron chi connectivity index (χ3n) is 0.469. The van der Waals surface area contributed by atoms with Crippen LogP contribution in [0.25, 0.3) is 0 Å². The van der Waals surface area contributed by atoms with E-state index in [1.165, 1.54) is 0 Å². The third kappa shape index (κ3) is 5.92. The second-order valence-electron chi connectivity index (χ2n) is 1.78. The van der Waals surface area contributed by atoms with Crippen molar-refractivity contribution in [1.29, 1.82) is 0 Å². The van der Waals surface area contributed by atoms with Gasteiger partial charge in [-0.25, -0.2) is 0 Å². The van der Waals surface area contributed by atoms with E-state index in [0.717, 1.165) is 0 Å². The van der Waals surface area contributed by atoms with E-state index in [-0.39, 0.29) is 6.10 Å². The number of rotatable bonds is 2. The zero-order valence-electron chi connectivity index (χ0n) is 5.01. The van der Waals surface area contributed by atoms with E-state index in [2.05, 4.69) is 0 Å². The van der Waals surface area contributed by atoms with E-state index in [4.69, 9.17) is 9.84 Å². The molecule has 0 spiro atoms. The van der Waals surface area contributed by atoms with Gasteiger partial charge in [0.25, 0.3) is 0 Å². The first-order chi connectivity index (χ1) is 3.13. The van der Waals surface area contributed by atoms with Crippen LogP contribution in [-0.2, 0) is 4.74 Å².